The SMILES string of the molecule is COc1ccccc1OCCOc1cccc(CC(C(=O)O)c2cccs2)c1. The zero-order valence-corrected chi connectivity index (χ0v) is 16.4. The van der Waals surface area contributed by atoms with E-state index in [-0.39, 0.29) is 0 Å². The van der Waals surface area contributed by atoms with Gasteiger partial charge in [0.2, 0.25) is 0 Å². The number of ether oxygens (including phenoxy) is 3. The van der Waals surface area contributed by atoms with E-state index in [9.17, 15) is 9.90 Å². The van der Waals surface area contributed by atoms with Crippen molar-refractivity contribution >= 4 is 17.3 Å². The van der Waals surface area contributed by atoms with Crippen LogP contribution in [0.3, 0.4) is 0 Å². The standard InChI is InChI=1S/C22H22O5S/c1-25-19-8-2-3-9-20(19)27-12-11-26-17-7-4-6-16(14-17)15-18(22(23)24)21-10-5-13-28-21/h2-10,13-14,18H,11-12,15H2,1H3,(H,23,24). The largest absolute Gasteiger partial charge is 0.493 e. The third-order valence-corrected chi connectivity index (χ3v) is 5.19. The lowest BCUT2D eigenvalue weighted by molar-refractivity contribution is -0.138. The summed E-state index contributed by atoms with van der Waals surface area (Å²) in [6, 6.07) is 18.7. The fourth-order valence-electron chi connectivity index (χ4n) is 2.85. The van der Waals surface area contributed by atoms with Gasteiger partial charge in [0.15, 0.2) is 11.5 Å². The van der Waals surface area contributed by atoms with E-state index < -0.39 is 11.9 Å². The van der Waals surface area contributed by atoms with E-state index in [2.05, 4.69) is 0 Å². The molecule has 1 atom stereocenters. The number of aliphatic carboxylic acids is 1. The highest BCUT2D eigenvalue weighted by Crippen LogP contribution is 2.27. The van der Waals surface area contributed by atoms with E-state index in [0.29, 0.717) is 36.9 Å². The molecule has 0 aliphatic rings. The Balaban J connectivity index is 1.55. The van der Waals surface area contributed by atoms with Crippen molar-refractivity contribution in [2.24, 2.45) is 0 Å². The van der Waals surface area contributed by atoms with Crippen molar-refractivity contribution in [3.05, 3.63) is 76.5 Å². The second-order valence-electron chi connectivity index (χ2n) is 6.11. The minimum atomic E-state index is -0.820. The van der Waals surface area contributed by atoms with Crippen molar-refractivity contribution in [3.63, 3.8) is 0 Å². The average Bonchev–Trinajstić information content (AvgIpc) is 3.24. The number of carbonyl (C=O) groups is 1. The van der Waals surface area contributed by atoms with Crippen molar-refractivity contribution in [1.29, 1.82) is 0 Å². The lowest BCUT2D eigenvalue weighted by atomic mass is 9.98. The average molecular weight is 398 g/mol. The van der Waals surface area contributed by atoms with Crippen molar-refractivity contribution in [2.45, 2.75) is 12.3 Å². The molecule has 146 valence electrons. The Kier molecular flexibility index (Phi) is 6.92. The van der Waals surface area contributed by atoms with Gasteiger partial charge >= 0.3 is 5.97 Å². The summed E-state index contributed by atoms with van der Waals surface area (Å²) >= 11 is 1.46. The molecule has 0 fully saturated rings. The first kappa shape index (κ1) is 19.8. The highest BCUT2D eigenvalue weighted by molar-refractivity contribution is 7.10. The molecule has 2 aromatic carbocycles. The third-order valence-electron chi connectivity index (χ3n) is 4.20. The maximum Gasteiger partial charge on any atom is 0.312 e. The Morgan fingerprint density at radius 3 is 2.50 bits per heavy atom. The first-order valence-corrected chi connectivity index (χ1v) is 9.79. The van der Waals surface area contributed by atoms with Gasteiger partial charge < -0.3 is 19.3 Å². The van der Waals surface area contributed by atoms with Gasteiger partial charge in [0.1, 0.15) is 19.0 Å². The monoisotopic (exact) mass is 398 g/mol. The Labute approximate surface area is 168 Å². The van der Waals surface area contributed by atoms with E-state index in [4.69, 9.17) is 14.2 Å². The molecule has 0 amide bonds. The molecule has 6 heteroatoms. The lowest BCUT2D eigenvalue weighted by Gasteiger charge is -2.13. The summed E-state index contributed by atoms with van der Waals surface area (Å²) in [6.45, 7) is 0.742. The van der Waals surface area contributed by atoms with Crippen LogP contribution in [0, 0.1) is 0 Å². The van der Waals surface area contributed by atoms with E-state index in [0.717, 1.165) is 10.4 Å². The van der Waals surface area contributed by atoms with Crippen LogP contribution in [-0.2, 0) is 11.2 Å². The Morgan fingerprint density at radius 1 is 1.00 bits per heavy atom. The lowest BCUT2D eigenvalue weighted by Crippen LogP contribution is -2.13. The van der Waals surface area contributed by atoms with Gasteiger partial charge in [-0.15, -0.1) is 11.3 Å². The van der Waals surface area contributed by atoms with Crippen LogP contribution in [0.2, 0.25) is 0 Å². The summed E-state index contributed by atoms with van der Waals surface area (Å²) in [5, 5.41) is 11.4. The topological polar surface area (TPSA) is 65.0 Å². The van der Waals surface area contributed by atoms with E-state index in [1.54, 1.807) is 7.11 Å². The van der Waals surface area contributed by atoms with Gasteiger partial charge in [-0.3, -0.25) is 4.79 Å². The number of hydrogen-bond donors (Lipinski definition) is 1. The molecule has 1 aromatic heterocycles. The molecule has 0 aliphatic carbocycles. The Bertz CT molecular complexity index is 891. The van der Waals surface area contributed by atoms with Crippen LogP contribution in [0.5, 0.6) is 17.2 Å². The smallest absolute Gasteiger partial charge is 0.312 e. The number of hydrogen-bond acceptors (Lipinski definition) is 5. The Hall–Kier alpha value is -2.99. The van der Waals surface area contributed by atoms with Gasteiger partial charge in [0.25, 0.3) is 0 Å². The van der Waals surface area contributed by atoms with Gasteiger partial charge in [-0.1, -0.05) is 30.3 Å². The molecule has 28 heavy (non-hydrogen) atoms. The molecule has 1 heterocycles. The fourth-order valence-corrected chi connectivity index (χ4v) is 3.67. The number of benzene rings is 2. The van der Waals surface area contributed by atoms with E-state index in [1.165, 1.54) is 11.3 Å². The van der Waals surface area contributed by atoms with Crippen LogP contribution < -0.4 is 14.2 Å². The van der Waals surface area contributed by atoms with E-state index in [1.807, 2.05) is 66.0 Å². The second kappa shape index (κ2) is 9.80. The predicted octanol–water partition coefficient (Wildman–Crippen LogP) is 4.63. The maximum absolute atomic E-state index is 11.6. The number of rotatable bonds is 10. The zero-order chi connectivity index (χ0) is 19.8. The van der Waals surface area contributed by atoms with Crippen LogP contribution in [0.4, 0.5) is 0 Å². The molecule has 0 aliphatic heterocycles. The molecule has 3 rings (SSSR count). The minimum Gasteiger partial charge on any atom is -0.493 e. The van der Waals surface area contributed by atoms with Crippen LogP contribution in [0.15, 0.2) is 66.0 Å². The summed E-state index contributed by atoms with van der Waals surface area (Å²) < 4.78 is 16.7. The summed E-state index contributed by atoms with van der Waals surface area (Å²) in [5.74, 6) is 0.667. The molecule has 5 nitrogen and oxygen atoms in total. The molecule has 0 bridgehead atoms. The minimum absolute atomic E-state index is 0.370. The van der Waals surface area contributed by atoms with Crippen molar-refractivity contribution in [2.75, 3.05) is 20.3 Å². The quantitative estimate of drug-likeness (QED) is 0.505. The maximum atomic E-state index is 11.6. The predicted molar refractivity (Wildman–Crippen MR) is 109 cm³/mol. The second-order valence-corrected chi connectivity index (χ2v) is 7.08. The number of methoxy groups -OCH3 is 1. The van der Waals surface area contributed by atoms with Crippen molar-refractivity contribution in [3.8, 4) is 17.2 Å². The van der Waals surface area contributed by atoms with Crippen molar-refractivity contribution in [1.82, 2.24) is 0 Å². The summed E-state index contributed by atoms with van der Waals surface area (Å²) in [4.78, 5) is 12.5. The third kappa shape index (κ3) is 5.27. The van der Waals surface area contributed by atoms with Gasteiger partial charge in [-0.25, -0.2) is 0 Å². The number of carboxylic acids is 1. The van der Waals surface area contributed by atoms with Crippen LogP contribution >= 0.6 is 11.3 Å². The van der Waals surface area contributed by atoms with Crippen LogP contribution in [0.1, 0.15) is 16.4 Å². The fraction of sp³-hybridized carbons (Fsp3) is 0.227. The van der Waals surface area contributed by atoms with Crippen LogP contribution in [0.25, 0.3) is 0 Å². The molecule has 3 aromatic rings. The summed E-state index contributed by atoms with van der Waals surface area (Å²) in [5.41, 5.74) is 0.920. The molecule has 0 spiro atoms. The highest BCUT2D eigenvalue weighted by atomic mass is 32.1. The summed E-state index contributed by atoms with van der Waals surface area (Å²) in [7, 11) is 1.60. The first-order valence-electron chi connectivity index (χ1n) is 8.91. The van der Waals surface area contributed by atoms with Gasteiger partial charge in [0.05, 0.1) is 13.0 Å². The van der Waals surface area contributed by atoms with Gasteiger partial charge in [-0.05, 0) is 47.7 Å². The normalized spacial score (nSPS) is 11.6. The van der Waals surface area contributed by atoms with Crippen LogP contribution in [-0.4, -0.2) is 31.4 Å². The molecule has 1 unspecified atom stereocenters. The first-order chi connectivity index (χ1) is 13.7. The highest BCUT2D eigenvalue weighted by Gasteiger charge is 2.21. The van der Waals surface area contributed by atoms with Gasteiger partial charge in [-0.2, -0.15) is 0 Å². The summed E-state index contributed by atoms with van der Waals surface area (Å²) in [6.07, 6.45) is 0.421. The molecule has 0 radical (unpaired) electrons. The molecule has 0 saturated carbocycles. The zero-order valence-electron chi connectivity index (χ0n) is 15.5. The van der Waals surface area contributed by atoms with E-state index >= 15 is 0 Å². The molecule has 0 saturated heterocycles. The molecular formula is C22H22O5S. The number of para-hydroxylation sites is 2. The molecular weight excluding hydrogens is 376 g/mol. The van der Waals surface area contributed by atoms with Crippen molar-refractivity contribution < 1.29 is 24.1 Å². The molecule has 1 N–H and O–H groups in total. The Morgan fingerprint density at radius 2 is 1.79 bits per heavy atom. The van der Waals surface area contributed by atoms with Gasteiger partial charge in [0, 0.05) is 4.88 Å². The number of thiophene rings is 1. The number of carboxylic acid groups (broad SMARTS) is 1.